The van der Waals surface area contributed by atoms with E-state index in [1.165, 1.54) is 0 Å². The highest BCUT2D eigenvalue weighted by atomic mass is 16.5. The molecule has 2 aromatic rings. The summed E-state index contributed by atoms with van der Waals surface area (Å²) < 4.78 is 10.9. The average molecular weight is 285 g/mol. The fraction of sp³-hybridized carbons (Fsp3) is 0.235. The highest BCUT2D eigenvalue weighted by Gasteiger charge is 2.04. The smallest absolute Gasteiger partial charge is 0.262 e. The van der Waals surface area contributed by atoms with E-state index in [1.54, 1.807) is 12.1 Å². The number of para-hydroxylation sites is 1. The first-order chi connectivity index (χ1) is 10.1. The van der Waals surface area contributed by atoms with Crippen molar-refractivity contribution in [3.63, 3.8) is 0 Å². The van der Waals surface area contributed by atoms with Gasteiger partial charge in [0.2, 0.25) is 0 Å². The summed E-state index contributed by atoms with van der Waals surface area (Å²) in [7, 11) is 0. The molecule has 4 heteroatoms. The lowest BCUT2D eigenvalue weighted by Gasteiger charge is -2.11. The van der Waals surface area contributed by atoms with E-state index >= 15 is 0 Å². The minimum Gasteiger partial charge on any atom is -0.491 e. The third-order valence-electron chi connectivity index (χ3n) is 2.62. The Morgan fingerprint density at radius 3 is 2.29 bits per heavy atom. The number of hydrogen-bond donors (Lipinski definition) is 1. The van der Waals surface area contributed by atoms with Crippen molar-refractivity contribution >= 4 is 11.6 Å². The van der Waals surface area contributed by atoms with Crippen LogP contribution in [-0.4, -0.2) is 18.6 Å². The summed E-state index contributed by atoms with van der Waals surface area (Å²) >= 11 is 0. The molecule has 0 saturated heterocycles. The van der Waals surface area contributed by atoms with Crippen molar-refractivity contribution in [3.8, 4) is 11.5 Å². The Morgan fingerprint density at radius 1 is 1.00 bits per heavy atom. The minimum atomic E-state index is -0.198. The number of hydrogen-bond acceptors (Lipinski definition) is 3. The fourth-order valence-electron chi connectivity index (χ4n) is 1.75. The van der Waals surface area contributed by atoms with E-state index in [4.69, 9.17) is 9.47 Å². The van der Waals surface area contributed by atoms with Gasteiger partial charge in [-0.15, -0.1) is 0 Å². The molecule has 0 saturated carbocycles. The lowest BCUT2D eigenvalue weighted by atomic mass is 10.3. The van der Waals surface area contributed by atoms with Gasteiger partial charge in [0.05, 0.1) is 6.10 Å². The number of amides is 1. The summed E-state index contributed by atoms with van der Waals surface area (Å²) in [5.41, 5.74) is 0.716. The van der Waals surface area contributed by atoms with E-state index in [-0.39, 0.29) is 18.6 Å². The number of nitrogens with one attached hydrogen (secondary N) is 1. The van der Waals surface area contributed by atoms with Crippen LogP contribution in [0.2, 0.25) is 0 Å². The van der Waals surface area contributed by atoms with Crippen molar-refractivity contribution in [2.45, 2.75) is 20.0 Å². The van der Waals surface area contributed by atoms with Gasteiger partial charge in [-0.05, 0) is 50.2 Å². The first-order valence-electron chi connectivity index (χ1n) is 6.88. The minimum absolute atomic E-state index is 0.0196. The van der Waals surface area contributed by atoms with Crippen LogP contribution in [0.5, 0.6) is 11.5 Å². The molecule has 0 aromatic heterocycles. The number of carbonyl (C=O) groups is 1. The second kappa shape index (κ2) is 7.33. The van der Waals surface area contributed by atoms with Crippen LogP contribution in [0.4, 0.5) is 5.69 Å². The average Bonchev–Trinajstić information content (AvgIpc) is 2.48. The first kappa shape index (κ1) is 14.9. The molecule has 0 atom stereocenters. The molecule has 1 amide bonds. The van der Waals surface area contributed by atoms with Crippen molar-refractivity contribution in [1.29, 1.82) is 0 Å². The Kier molecular flexibility index (Phi) is 5.21. The van der Waals surface area contributed by atoms with Gasteiger partial charge in [0.15, 0.2) is 6.61 Å². The molecular weight excluding hydrogens is 266 g/mol. The van der Waals surface area contributed by atoms with Crippen molar-refractivity contribution in [2.24, 2.45) is 0 Å². The van der Waals surface area contributed by atoms with E-state index in [0.29, 0.717) is 11.4 Å². The normalized spacial score (nSPS) is 10.2. The fourth-order valence-corrected chi connectivity index (χ4v) is 1.75. The number of carbonyl (C=O) groups excluding carboxylic acids is 1. The Morgan fingerprint density at radius 2 is 1.67 bits per heavy atom. The molecule has 1 N–H and O–H groups in total. The quantitative estimate of drug-likeness (QED) is 0.883. The zero-order valence-corrected chi connectivity index (χ0v) is 12.2. The maximum absolute atomic E-state index is 11.8. The molecule has 0 aliphatic heterocycles. The lowest BCUT2D eigenvalue weighted by molar-refractivity contribution is -0.118. The maximum atomic E-state index is 11.8. The van der Waals surface area contributed by atoms with E-state index in [9.17, 15) is 4.79 Å². The molecule has 0 fully saturated rings. The van der Waals surface area contributed by atoms with Crippen LogP contribution in [0.3, 0.4) is 0 Å². The van der Waals surface area contributed by atoms with Crippen LogP contribution < -0.4 is 14.8 Å². The van der Waals surface area contributed by atoms with Crippen LogP contribution >= 0.6 is 0 Å². The first-order valence-corrected chi connectivity index (χ1v) is 6.88. The molecule has 0 heterocycles. The van der Waals surface area contributed by atoms with Gasteiger partial charge < -0.3 is 14.8 Å². The Labute approximate surface area is 124 Å². The molecule has 2 rings (SSSR count). The molecule has 0 unspecified atom stereocenters. The van der Waals surface area contributed by atoms with Crippen molar-refractivity contribution in [2.75, 3.05) is 11.9 Å². The predicted octanol–water partition coefficient (Wildman–Crippen LogP) is 3.49. The summed E-state index contributed by atoms with van der Waals surface area (Å²) in [6, 6.07) is 16.5. The third kappa shape index (κ3) is 5.18. The Hall–Kier alpha value is -2.49. The van der Waals surface area contributed by atoms with Gasteiger partial charge in [0.25, 0.3) is 5.91 Å². The molecule has 4 nitrogen and oxygen atoms in total. The van der Waals surface area contributed by atoms with E-state index in [1.807, 2.05) is 56.3 Å². The standard InChI is InChI=1S/C17H19NO3/c1-13(2)21-16-10-8-14(9-11-16)18-17(19)12-20-15-6-4-3-5-7-15/h3-11,13H,12H2,1-2H3,(H,18,19). The Balaban J connectivity index is 1.82. The molecule has 0 radical (unpaired) electrons. The largest absolute Gasteiger partial charge is 0.491 e. The SMILES string of the molecule is CC(C)Oc1ccc(NC(=O)COc2ccccc2)cc1. The van der Waals surface area contributed by atoms with Gasteiger partial charge in [-0.25, -0.2) is 0 Å². The van der Waals surface area contributed by atoms with Crippen LogP contribution in [0.1, 0.15) is 13.8 Å². The molecule has 21 heavy (non-hydrogen) atoms. The van der Waals surface area contributed by atoms with E-state index in [2.05, 4.69) is 5.32 Å². The van der Waals surface area contributed by atoms with Crippen molar-refractivity contribution in [1.82, 2.24) is 0 Å². The number of benzene rings is 2. The van der Waals surface area contributed by atoms with Gasteiger partial charge in [0.1, 0.15) is 11.5 Å². The van der Waals surface area contributed by atoms with Crippen LogP contribution in [0.25, 0.3) is 0 Å². The van der Waals surface area contributed by atoms with Crippen LogP contribution in [0.15, 0.2) is 54.6 Å². The van der Waals surface area contributed by atoms with E-state index < -0.39 is 0 Å². The van der Waals surface area contributed by atoms with Gasteiger partial charge in [0, 0.05) is 5.69 Å². The van der Waals surface area contributed by atoms with Crippen LogP contribution in [0, 0.1) is 0 Å². The molecule has 0 aliphatic rings. The molecule has 0 aliphatic carbocycles. The predicted molar refractivity (Wildman–Crippen MR) is 82.8 cm³/mol. The number of anilines is 1. The van der Waals surface area contributed by atoms with Gasteiger partial charge >= 0.3 is 0 Å². The summed E-state index contributed by atoms with van der Waals surface area (Å²) in [5.74, 6) is 1.26. The maximum Gasteiger partial charge on any atom is 0.262 e. The molecule has 2 aromatic carbocycles. The molecular formula is C17H19NO3. The zero-order chi connectivity index (χ0) is 15.1. The molecule has 0 spiro atoms. The summed E-state index contributed by atoms with van der Waals surface area (Å²) in [6.07, 6.45) is 0.129. The summed E-state index contributed by atoms with van der Waals surface area (Å²) in [6.45, 7) is 3.92. The van der Waals surface area contributed by atoms with E-state index in [0.717, 1.165) is 5.75 Å². The molecule has 110 valence electrons. The second-order valence-corrected chi connectivity index (χ2v) is 4.84. The summed E-state index contributed by atoms with van der Waals surface area (Å²) in [5, 5.41) is 2.77. The number of ether oxygens (including phenoxy) is 2. The van der Waals surface area contributed by atoms with Crippen molar-refractivity contribution < 1.29 is 14.3 Å². The zero-order valence-electron chi connectivity index (χ0n) is 12.2. The lowest BCUT2D eigenvalue weighted by Crippen LogP contribution is -2.20. The Bertz CT molecular complexity index is 564. The number of rotatable bonds is 6. The monoisotopic (exact) mass is 285 g/mol. The highest BCUT2D eigenvalue weighted by molar-refractivity contribution is 5.91. The summed E-state index contributed by atoms with van der Waals surface area (Å²) in [4.78, 5) is 11.8. The third-order valence-corrected chi connectivity index (χ3v) is 2.62. The van der Waals surface area contributed by atoms with Gasteiger partial charge in [-0.3, -0.25) is 4.79 Å². The van der Waals surface area contributed by atoms with Gasteiger partial charge in [-0.2, -0.15) is 0 Å². The highest BCUT2D eigenvalue weighted by Crippen LogP contribution is 2.17. The molecule has 0 bridgehead atoms. The van der Waals surface area contributed by atoms with Gasteiger partial charge in [-0.1, -0.05) is 18.2 Å². The van der Waals surface area contributed by atoms with Crippen molar-refractivity contribution in [3.05, 3.63) is 54.6 Å². The van der Waals surface area contributed by atoms with Crippen LogP contribution in [-0.2, 0) is 4.79 Å². The topological polar surface area (TPSA) is 47.6 Å². The second-order valence-electron chi connectivity index (χ2n) is 4.84.